The minimum absolute atomic E-state index is 0.214. The predicted molar refractivity (Wildman–Crippen MR) is 80.8 cm³/mol. The highest BCUT2D eigenvalue weighted by molar-refractivity contribution is 6.30. The number of nitrogens with one attached hydrogen (secondary N) is 2. The molecule has 0 spiro atoms. The molecule has 1 aromatic carbocycles. The number of hydrogen-bond acceptors (Lipinski definition) is 3. The molecule has 4 nitrogen and oxygen atoms in total. The molecule has 2 aromatic rings. The average molecular weight is 294 g/mol. The number of rotatable bonds is 7. The predicted octanol–water partition coefficient (Wildman–Crippen LogP) is 3.49. The summed E-state index contributed by atoms with van der Waals surface area (Å²) in [7, 11) is 1.72. The first-order valence-electron chi connectivity index (χ1n) is 6.70. The Kier molecular flexibility index (Phi) is 5.59. The lowest BCUT2D eigenvalue weighted by molar-refractivity contribution is 0.181. The zero-order valence-electron chi connectivity index (χ0n) is 11.8. The van der Waals surface area contributed by atoms with Crippen molar-refractivity contribution in [1.82, 2.24) is 15.5 Å². The summed E-state index contributed by atoms with van der Waals surface area (Å²) in [5.41, 5.74) is 2.35. The van der Waals surface area contributed by atoms with Gasteiger partial charge in [0.1, 0.15) is 0 Å². The van der Waals surface area contributed by atoms with E-state index in [1.54, 1.807) is 7.11 Å². The molecule has 108 valence electrons. The van der Waals surface area contributed by atoms with Gasteiger partial charge in [-0.3, -0.25) is 5.10 Å². The summed E-state index contributed by atoms with van der Waals surface area (Å²) in [6.07, 6.45) is 4.65. The largest absolute Gasteiger partial charge is 0.385 e. The summed E-state index contributed by atoms with van der Waals surface area (Å²) in [6.45, 7) is 2.83. The number of hydrogen-bond donors (Lipinski definition) is 2. The second-order valence-corrected chi connectivity index (χ2v) is 5.24. The van der Waals surface area contributed by atoms with Gasteiger partial charge in [-0.05, 0) is 31.0 Å². The summed E-state index contributed by atoms with van der Waals surface area (Å²) in [5.74, 6) is 0. The molecule has 0 radical (unpaired) electrons. The number of halogens is 1. The Balaban J connectivity index is 2.08. The van der Waals surface area contributed by atoms with Gasteiger partial charge in [0.25, 0.3) is 0 Å². The first kappa shape index (κ1) is 15.0. The Bertz CT molecular complexity index is 498. The fourth-order valence-electron chi connectivity index (χ4n) is 2.17. The monoisotopic (exact) mass is 293 g/mol. The quantitative estimate of drug-likeness (QED) is 0.821. The normalized spacial score (nSPS) is 14.2. The van der Waals surface area contributed by atoms with Crippen molar-refractivity contribution in [2.24, 2.45) is 0 Å². The van der Waals surface area contributed by atoms with E-state index in [0.717, 1.165) is 17.0 Å². The van der Waals surface area contributed by atoms with E-state index < -0.39 is 0 Å². The van der Waals surface area contributed by atoms with Gasteiger partial charge < -0.3 is 10.1 Å². The Labute approximate surface area is 124 Å². The highest BCUT2D eigenvalue weighted by Crippen LogP contribution is 2.23. The van der Waals surface area contributed by atoms with Crippen LogP contribution < -0.4 is 5.32 Å². The smallest absolute Gasteiger partial charge is 0.0534 e. The first-order valence-corrected chi connectivity index (χ1v) is 7.07. The molecule has 2 rings (SSSR count). The number of aromatic nitrogens is 2. The van der Waals surface area contributed by atoms with Crippen LogP contribution in [0.2, 0.25) is 5.02 Å². The number of methoxy groups -OCH3 is 1. The van der Waals surface area contributed by atoms with Crippen LogP contribution in [0.5, 0.6) is 0 Å². The van der Waals surface area contributed by atoms with Crippen LogP contribution in [0.3, 0.4) is 0 Å². The third kappa shape index (κ3) is 4.07. The standard InChI is InChI=1S/C15H20ClN3O/c1-11(13-9-17-18-10-13)19-15(7-8-20-2)12-3-5-14(16)6-4-12/h3-6,9-11,15,19H,7-8H2,1-2H3,(H,17,18)/t11-,15-/m1/s1. The van der Waals surface area contributed by atoms with Gasteiger partial charge in [-0.25, -0.2) is 0 Å². The van der Waals surface area contributed by atoms with E-state index in [4.69, 9.17) is 16.3 Å². The lowest BCUT2D eigenvalue weighted by Gasteiger charge is -2.23. The van der Waals surface area contributed by atoms with Gasteiger partial charge in [-0.15, -0.1) is 0 Å². The molecule has 0 aliphatic heterocycles. The lowest BCUT2D eigenvalue weighted by Crippen LogP contribution is -2.25. The first-order chi connectivity index (χ1) is 9.70. The van der Waals surface area contributed by atoms with E-state index in [0.29, 0.717) is 6.61 Å². The average Bonchev–Trinajstić information content (AvgIpc) is 2.98. The van der Waals surface area contributed by atoms with Gasteiger partial charge in [-0.1, -0.05) is 23.7 Å². The van der Waals surface area contributed by atoms with E-state index >= 15 is 0 Å². The molecule has 0 amide bonds. The third-order valence-electron chi connectivity index (χ3n) is 3.35. The van der Waals surface area contributed by atoms with Crippen molar-refractivity contribution < 1.29 is 4.74 Å². The molecule has 0 bridgehead atoms. The Morgan fingerprint density at radius 2 is 2.05 bits per heavy atom. The molecule has 0 unspecified atom stereocenters. The van der Waals surface area contributed by atoms with E-state index in [-0.39, 0.29) is 12.1 Å². The van der Waals surface area contributed by atoms with Crippen molar-refractivity contribution >= 4 is 11.6 Å². The zero-order chi connectivity index (χ0) is 14.4. The summed E-state index contributed by atoms with van der Waals surface area (Å²) >= 11 is 5.95. The minimum atomic E-state index is 0.214. The maximum Gasteiger partial charge on any atom is 0.0534 e. The lowest BCUT2D eigenvalue weighted by atomic mass is 10.0. The maximum absolute atomic E-state index is 5.95. The molecule has 2 atom stereocenters. The van der Waals surface area contributed by atoms with Gasteiger partial charge in [0.2, 0.25) is 0 Å². The van der Waals surface area contributed by atoms with Gasteiger partial charge in [0.15, 0.2) is 0 Å². The molecule has 1 heterocycles. The number of benzene rings is 1. The molecular weight excluding hydrogens is 274 g/mol. The van der Waals surface area contributed by atoms with Crippen LogP contribution in [0.25, 0.3) is 0 Å². The fourth-order valence-corrected chi connectivity index (χ4v) is 2.30. The molecule has 1 aromatic heterocycles. The van der Waals surface area contributed by atoms with Crippen molar-refractivity contribution in [3.05, 3.63) is 52.8 Å². The number of aromatic amines is 1. The van der Waals surface area contributed by atoms with E-state index in [9.17, 15) is 0 Å². The summed E-state index contributed by atoms with van der Waals surface area (Å²) in [4.78, 5) is 0. The van der Waals surface area contributed by atoms with Crippen LogP contribution in [0.15, 0.2) is 36.7 Å². The Morgan fingerprint density at radius 1 is 1.30 bits per heavy atom. The number of H-pyrrole nitrogens is 1. The highest BCUT2D eigenvalue weighted by Gasteiger charge is 2.15. The summed E-state index contributed by atoms with van der Waals surface area (Å²) in [6, 6.07) is 8.38. The van der Waals surface area contributed by atoms with Crippen LogP contribution in [0.1, 0.15) is 36.6 Å². The number of ether oxygens (including phenoxy) is 1. The maximum atomic E-state index is 5.95. The van der Waals surface area contributed by atoms with Crippen LogP contribution in [0, 0.1) is 0 Å². The third-order valence-corrected chi connectivity index (χ3v) is 3.61. The van der Waals surface area contributed by atoms with Crippen LogP contribution in [-0.2, 0) is 4.74 Å². The second kappa shape index (κ2) is 7.43. The van der Waals surface area contributed by atoms with Crippen molar-refractivity contribution in [2.45, 2.75) is 25.4 Å². The summed E-state index contributed by atoms with van der Waals surface area (Å²) < 4.78 is 5.21. The van der Waals surface area contributed by atoms with Crippen LogP contribution in [0.4, 0.5) is 0 Å². The second-order valence-electron chi connectivity index (χ2n) is 4.81. The fraction of sp³-hybridized carbons (Fsp3) is 0.400. The topological polar surface area (TPSA) is 49.9 Å². The van der Waals surface area contributed by atoms with E-state index in [1.165, 1.54) is 5.56 Å². The van der Waals surface area contributed by atoms with Crippen molar-refractivity contribution in [3.63, 3.8) is 0 Å². The zero-order valence-corrected chi connectivity index (χ0v) is 12.5. The molecule has 0 aliphatic rings. The SMILES string of the molecule is COCC[C@@H](N[C@H](C)c1cn[nH]c1)c1ccc(Cl)cc1. The van der Waals surface area contributed by atoms with Gasteiger partial charge in [0, 0.05) is 42.6 Å². The van der Waals surface area contributed by atoms with Crippen molar-refractivity contribution in [3.8, 4) is 0 Å². The van der Waals surface area contributed by atoms with Crippen LogP contribution >= 0.6 is 11.6 Å². The van der Waals surface area contributed by atoms with Crippen LogP contribution in [-0.4, -0.2) is 23.9 Å². The summed E-state index contributed by atoms with van der Waals surface area (Å²) in [5, 5.41) is 11.2. The van der Waals surface area contributed by atoms with Crippen molar-refractivity contribution in [2.75, 3.05) is 13.7 Å². The molecule has 5 heteroatoms. The minimum Gasteiger partial charge on any atom is -0.385 e. The highest BCUT2D eigenvalue weighted by atomic mass is 35.5. The molecule has 0 aliphatic carbocycles. The van der Waals surface area contributed by atoms with Gasteiger partial charge in [-0.2, -0.15) is 5.10 Å². The molecule has 0 fully saturated rings. The number of nitrogens with zero attached hydrogens (tertiary/aromatic N) is 1. The molecule has 20 heavy (non-hydrogen) atoms. The van der Waals surface area contributed by atoms with Gasteiger partial charge in [0.05, 0.1) is 6.20 Å². The molecule has 0 saturated carbocycles. The molecule has 2 N–H and O–H groups in total. The Hall–Kier alpha value is -1.36. The Morgan fingerprint density at radius 3 is 2.65 bits per heavy atom. The van der Waals surface area contributed by atoms with Gasteiger partial charge >= 0.3 is 0 Å². The van der Waals surface area contributed by atoms with E-state index in [2.05, 4.69) is 34.6 Å². The van der Waals surface area contributed by atoms with Crippen molar-refractivity contribution in [1.29, 1.82) is 0 Å². The van der Waals surface area contributed by atoms with E-state index in [1.807, 2.05) is 24.5 Å². The molecule has 0 saturated heterocycles. The molecular formula is C15H20ClN3O.